The Kier molecular flexibility index (Phi) is 5.80. The first kappa shape index (κ1) is 16.0. The largest absolute Gasteiger partial charge is 0.377 e. The van der Waals surface area contributed by atoms with Crippen LogP contribution in [0.2, 0.25) is 0 Å². The van der Waals surface area contributed by atoms with Crippen molar-refractivity contribution in [1.82, 2.24) is 4.90 Å². The van der Waals surface area contributed by atoms with Gasteiger partial charge in [0.2, 0.25) is 0 Å². The zero-order valence-corrected chi connectivity index (χ0v) is 13.7. The Morgan fingerprint density at radius 1 is 1.14 bits per heavy atom. The van der Waals surface area contributed by atoms with E-state index in [1.807, 2.05) is 26.2 Å². The molecular weight excluding hydrogens is 260 g/mol. The van der Waals surface area contributed by atoms with Crippen LogP contribution in [0.25, 0.3) is 0 Å². The van der Waals surface area contributed by atoms with Gasteiger partial charge in [0.25, 0.3) is 0 Å². The second kappa shape index (κ2) is 7.60. The van der Waals surface area contributed by atoms with Crippen LogP contribution in [-0.4, -0.2) is 44.4 Å². The minimum atomic E-state index is 0.271. The van der Waals surface area contributed by atoms with E-state index in [1.165, 1.54) is 36.9 Å². The maximum atomic E-state index is 12.4. The van der Waals surface area contributed by atoms with Crippen LogP contribution in [0, 0.1) is 6.92 Å². The number of hydrogen-bond acceptors (Lipinski definition) is 3. The first-order valence-corrected chi connectivity index (χ1v) is 8.11. The van der Waals surface area contributed by atoms with Crippen LogP contribution in [0.4, 0.5) is 5.69 Å². The summed E-state index contributed by atoms with van der Waals surface area (Å²) in [6.45, 7) is 5.30. The topological polar surface area (TPSA) is 23.6 Å². The first-order chi connectivity index (χ1) is 10.1. The van der Waals surface area contributed by atoms with Crippen molar-refractivity contribution in [3.63, 3.8) is 0 Å². The van der Waals surface area contributed by atoms with Crippen LogP contribution in [0.5, 0.6) is 0 Å². The molecule has 1 saturated heterocycles. The summed E-state index contributed by atoms with van der Waals surface area (Å²) < 4.78 is 0. The Balaban J connectivity index is 1.92. The van der Waals surface area contributed by atoms with Gasteiger partial charge >= 0.3 is 0 Å². The quantitative estimate of drug-likeness (QED) is 0.775. The standard InChI is InChI=1S/C18H28N2O/c1-15-14-16(8-9-17(15)19(2)3)18(21)10-13-20-11-6-4-5-7-12-20/h8-9,14H,4-7,10-13H2,1-3H3. The van der Waals surface area contributed by atoms with E-state index in [1.54, 1.807) is 0 Å². The summed E-state index contributed by atoms with van der Waals surface area (Å²) in [5.74, 6) is 0.271. The highest BCUT2D eigenvalue weighted by molar-refractivity contribution is 5.96. The summed E-state index contributed by atoms with van der Waals surface area (Å²) in [5.41, 5.74) is 3.20. The third-order valence-electron chi connectivity index (χ3n) is 4.35. The maximum Gasteiger partial charge on any atom is 0.164 e. The highest BCUT2D eigenvalue weighted by Crippen LogP contribution is 2.20. The van der Waals surface area contributed by atoms with Gasteiger partial charge in [-0.15, -0.1) is 0 Å². The van der Waals surface area contributed by atoms with Crippen molar-refractivity contribution in [2.45, 2.75) is 39.0 Å². The number of anilines is 1. The summed E-state index contributed by atoms with van der Waals surface area (Å²) in [6.07, 6.45) is 5.89. The van der Waals surface area contributed by atoms with E-state index in [0.717, 1.165) is 25.2 Å². The Hall–Kier alpha value is -1.35. The molecule has 0 aromatic heterocycles. The SMILES string of the molecule is Cc1cc(C(=O)CCN2CCCCCC2)ccc1N(C)C. The Morgan fingerprint density at radius 3 is 2.38 bits per heavy atom. The molecule has 0 N–H and O–H groups in total. The van der Waals surface area contributed by atoms with E-state index in [-0.39, 0.29) is 5.78 Å². The lowest BCUT2D eigenvalue weighted by molar-refractivity contribution is 0.0965. The summed E-state index contributed by atoms with van der Waals surface area (Å²) in [7, 11) is 4.06. The van der Waals surface area contributed by atoms with Crippen molar-refractivity contribution in [3.05, 3.63) is 29.3 Å². The molecule has 1 fully saturated rings. The second-order valence-corrected chi connectivity index (χ2v) is 6.32. The van der Waals surface area contributed by atoms with Gasteiger partial charge in [-0.1, -0.05) is 12.8 Å². The Morgan fingerprint density at radius 2 is 1.81 bits per heavy atom. The van der Waals surface area contributed by atoms with Crippen molar-refractivity contribution in [3.8, 4) is 0 Å². The van der Waals surface area contributed by atoms with Crippen LogP contribution in [0.1, 0.15) is 48.0 Å². The predicted octanol–water partition coefficient (Wildman–Crippen LogP) is 3.51. The average Bonchev–Trinajstić information content (AvgIpc) is 2.72. The third kappa shape index (κ3) is 4.57. The molecule has 21 heavy (non-hydrogen) atoms. The lowest BCUT2D eigenvalue weighted by Crippen LogP contribution is -2.27. The van der Waals surface area contributed by atoms with E-state index >= 15 is 0 Å². The lowest BCUT2D eigenvalue weighted by atomic mass is 10.0. The molecule has 116 valence electrons. The minimum absolute atomic E-state index is 0.271. The van der Waals surface area contributed by atoms with Gasteiger partial charge in [0.05, 0.1) is 0 Å². The number of carbonyl (C=O) groups excluding carboxylic acids is 1. The molecule has 1 aromatic carbocycles. The molecule has 3 nitrogen and oxygen atoms in total. The van der Waals surface area contributed by atoms with Crippen LogP contribution in [0.15, 0.2) is 18.2 Å². The van der Waals surface area contributed by atoms with Gasteiger partial charge in [-0.25, -0.2) is 0 Å². The summed E-state index contributed by atoms with van der Waals surface area (Å²) >= 11 is 0. The molecule has 0 unspecified atom stereocenters. The third-order valence-corrected chi connectivity index (χ3v) is 4.35. The molecule has 0 aliphatic carbocycles. The Labute approximate surface area is 128 Å². The number of benzene rings is 1. The molecule has 3 heteroatoms. The number of ketones is 1. The molecule has 0 saturated carbocycles. The molecular formula is C18H28N2O. The predicted molar refractivity (Wildman–Crippen MR) is 89.4 cm³/mol. The molecule has 0 amide bonds. The van der Waals surface area contributed by atoms with Crippen LogP contribution in [0.3, 0.4) is 0 Å². The molecule has 0 atom stereocenters. The molecule has 0 spiro atoms. The molecule has 0 radical (unpaired) electrons. The van der Waals surface area contributed by atoms with Crippen LogP contribution < -0.4 is 4.90 Å². The molecule has 1 aliphatic rings. The lowest BCUT2D eigenvalue weighted by Gasteiger charge is -2.19. The number of aryl methyl sites for hydroxylation is 1. The zero-order chi connectivity index (χ0) is 15.2. The number of hydrogen-bond donors (Lipinski definition) is 0. The van der Waals surface area contributed by atoms with Gasteiger partial charge < -0.3 is 9.80 Å². The van der Waals surface area contributed by atoms with Crippen molar-refractivity contribution >= 4 is 11.5 Å². The van der Waals surface area contributed by atoms with Gasteiger partial charge in [-0.2, -0.15) is 0 Å². The van der Waals surface area contributed by atoms with E-state index in [9.17, 15) is 4.79 Å². The van der Waals surface area contributed by atoms with Gasteiger partial charge in [-0.3, -0.25) is 4.79 Å². The molecule has 2 rings (SSSR count). The smallest absolute Gasteiger partial charge is 0.164 e. The van der Waals surface area contributed by atoms with Crippen molar-refractivity contribution in [2.24, 2.45) is 0 Å². The van der Waals surface area contributed by atoms with Gasteiger partial charge in [0.1, 0.15) is 0 Å². The number of Topliss-reactive ketones (excluding diaryl/α,β-unsaturated/α-hetero) is 1. The van der Waals surface area contributed by atoms with Gasteiger partial charge in [0.15, 0.2) is 5.78 Å². The second-order valence-electron chi connectivity index (χ2n) is 6.32. The first-order valence-electron chi connectivity index (χ1n) is 8.11. The van der Waals surface area contributed by atoms with Crippen molar-refractivity contribution < 1.29 is 4.79 Å². The van der Waals surface area contributed by atoms with E-state index < -0.39 is 0 Å². The Bertz CT molecular complexity index is 474. The normalized spacial score (nSPS) is 16.5. The number of likely N-dealkylation sites (tertiary alicyclic amines) is 1. The highest BCUT2D eigenvalue weighted by atomic mass is 16.1. The fourth-order valence-corrected chi connectivity index (χ4v) is 3.09. The summed E-state index contributed by atoms with van der Waals surface area (Å²) in [6, 6.07) is 6.04. The van der Waals surface area contributed by atoms with Crippen LogP contribution in [-0.2, 0) is 0 Å². The summed E-state index contributed by atoms with van der Waals surface area (Å²) in [5, 5.41) is 0. The molecule has 1 aromatic rings. The van der Waals surface area contributed by atoms with Gasteiger partial charge in [-0.05, 0) is 56.6 Å². The molecule has 1 aliphatic heterocycles. The summed E-state index contributed by atoms with van der Waals surface area (Å²) in [4.78, 5) is 16.9. The number of nitrogens with zero attached hydrogens (tertiary/aromatic N) is 2. The molecule has 0 bridgehead atoms. The van der Waals surface area contributed by atoms with Crippen LogP contribution >= 0.6 is 0 Å². The zero-order valence-electron chi connectivity index (χ0n) is 13.7. The highest BCUT2D eigenvalue weighted by Gasteiger charge is 2.13. The molecule has 1 heterocycles. The minimum Gasteiger partial charge on any atom is -0.377 e. The van der Waals surface area contributed by atoms with Gasteiger partial charge in [0, 0.05) is 38.3 Å². The van der Waals surface area contributed by atoms with E-state index in [2.05, 4.69) is 22.8 Å². The number of carbonyl (C=O) groups is 1. The monoisotopic (exact) mass is 288 g/mol. The maximum absolute atomic E-state index is 12.4. The van der Waals surface area contributed by atoms with E-state index in [0.29, 0.717) is 6.42 Å². The van der Waals surface area contributed by atoms with Crippen molar-refractivity contribution in [1.29, 1.82) is 0 Å². The fraction of sp³-hybridized carbons (Fsp3) is 0.611. The van der Waals surface area contributed by atoms with E-state index in [4.69, 9.17) is 0 Å². The average molecular weight is 288 g/mol. The van der Waals surface area contributed by atoms with Crippen molar-refractivity contribution in [2.75, 3.05) is 38.6 Å². The fourth-order valence-electron chi connectivity index (χ4n) is 3.09. The number of rotatable bonds is 5.